The number of nitrogens with one attached hydrogen (secondary N) is 1. The van der Waals surface area contributed by atoms with Gasteiger partial charge in [-0.15, -0.1) is 0 Å². The highest BCUT2D eigenvalue weighted by Crippen LogP contribution is 2.09. The molecule has 1 atom stereocenters. The van der Waals surface area contributed by atoms with Crippen molar-refractivity contribution in [3.05, 3.63) is 34.9 Å². The number of ether oxygens (including phenoxy) is 1. The molecule has 0 aliphatic carbocycles. The van der Waals surface area contributed by atoms with E-state index in [0.717, 1.165) is 24.6 Å². The molecule has 15 heavy (non-hydrogen) atoms. The quantitative estimate of drug-likeness (QED) is 0.807. The van der Waals surface area contributed by atoms with Crippen LogP contribution in [0, 0.1) is 0 Å². The SMILES string of the molecule is COC[C@H](C)NCCc1ccc(Cl)cc1. The van der Waals surface area contributed by atoms with Crippen LogP contribution in [-0.2, 0) is 11.2 Å². The molecule has 0 unspecified atom stereocenters. The largest absolute Gasteiger partial charge is 0.383 e. The third-order valence-electron chi connectivity index (χ3n) is 2.24. The Bertz CT molecular complexity index is 273. The Morgan fingerprint density at radius 2 is 2.00 bits per heavy atom. The van der Waals surface area contributed by atoms with Gasteiger partial charge < -0.3 is 10.1 Å². The van der Waals surface area contributed by atoms with Crippen molar-refractivity contribution in [1.29, 1.82) is 0 Å². The summed E-state index contributed by atoms with van der Waals surface area (Å²) in [7, 11) is 1.72. The molecular weight excluding hydrogens is 210 g/mol. The molecule has 1 rings (SSSR count). The number of halogens is 1. The summed E-state index contributed by atoms with van der Waals surface area (Å²) in [5, 5.41) is 4.18. The summed E-state index contributed by atoms with van der Waals surface area (Å²) < 4.78 is 5.04. The molecule has 1 N–H and O–H groups in total. The summed E-state index contributed by atoms with van der Waals surface area (Å²) >= 11 is 5.81. The number of methoxy groups -OCH3 is 1. The lowest BCUT2D eigenvalue weighted by Crippen LogP contribution is -2.31. The monoisotopic (exact) mass is 227 g/mol. The van der Waals surface area contributed by atoms with Crippen molar-refractivity contribution in [1.82, 2.24) is 5.32 Å². The molecule has 0 aromatic heterocycles. The standard InChI is InChI=1S/C12H18ClNO/c1-10(9-15-2)14-8-7-11-3-5-12(13)6-4-11/h3-6,10,14H,7-9H2,1-2H3/t10-/m0/s1. The molecule has 0 aliphatic rings. The second-order valence-corrected chi connectivity index (χ2v) is 4.12. The van der Waals surface area contributed by atoms with Gasteiger partial charge in [-0.05, 0) is 37.6 Å². The second kappa shape index (κ2) is 6.83. The van der Waals surface area contributed by atoms with Crippen molar-refractivity contribution in [2.75, 3.05) is 20.3 Å². The van der Waals surface area contributed by atoms with E-state index < -0.39 is 0 Å². The molecule has 1 aromatic rings. The summed E-state index contributed by atoms with van der Waals surface area (Å²) in [6.45, 7) is 3.83. The number of rotatable bonds is 6. The van der Waals surface area contributed by atoms with Crippen LogP contribution in [0.3, 0.4) is 0 Å². The van der Waals surface area contributed by atoms with E-state index in [1.165, 1.54) is 5.56 Å². The Balaban J connectivity index is 2.22. The highest BCUT2D eigenvalue weighted by molar-refractivity contribution is 6.30. The molecule has 0 bridgehead atoms. The third kappa shape index (κ3) is 5.17. The average Bonchev–Trinajstić information content (AvgIpc) is 2.21. The summed E-state index contributed by atoms with van der Waals surface area (Å²) in [6, 6.07) is 8.38. The maximum Gasteiger partial charge on any atom is 0.0613 e. The first-order valence-corrected chi connectivity index (χ1v) is 5.57. The van der Waals surface area contributed by atoms with Crippen LogP contribution >= 0.6 is 11.6 Å². The average molecular weight is 228 g/mol. The maximum atomic E-state index is 5.81. The number of hydrogen-bond acceptors (Lipinski definition) is 2. The van der Waals surface area contributed by atoms with Crippen LogP contribution in [0.4, 0.5) is 0 Å². The van der Waals surface area contributed by atoms with Gasteiger partial charge in [-0.1, -0.05) is 23.7 Å². The fourth-order valence-corrected chi connectivity index (χ4v) is 1.55. The Morgan fingerprint density at radius 3 is 2.60 bits per heavy atom. The number of hydrogen-bond donors (Lipinski definition) is 1. The van der Waals surface area contributed by atoms with Gasteiger partial charge in [0.2, 0.25) is 0 Å². The normalized spacial score (nSPS) is 12.7. The molecule has 3 heteroatoms. The molecule has 0 saturated carbocycles. The van der Waals surface area contributed by atoms with Crippen LogP contribution in [0.1, 0.15) is 12.5 Å². The zero-order chi connectivity index (χ0) is 11.1. The lowest BCUT2D eigenvalue weighted by atomic mass is 10.1. The number of benzene rings is 1. The van der Waals surface area contributed by atoms with Crippen molar-refractivity contribution in [2.24, 2.45) is 0 Å². The second-order valence-electron chi connectivity index (χ2n) is 3.69. The molecule has 0 heterocycles. The first kappa shape index (κ1) is 12.5. The Labute approximate surface area is 96.6 Å². The van der Waals surface area contributed by atoms with Gasteiger partial charge in [-0.2, -0.15) is 0 Å². The van der Waals surface area contributed by atoms with E-state index in [1.54, 1.807) is 7.11 Å². The highest BCUT2D eigenvalue weighted by atomic mass is 35.5. The molecule has 1 aromatic carbocycles. The van der Waals surface area contributed by atoms with Gasteiger partial charge in [-0.3, -0.25) is 0 Å². The van der Waals surface area contributed by atoms with E-state index in [9.17, 15) is 0 Å². The smallest absolute Gasteiger partial charge is 0.0613 e. The Morgan fingerprint density at radius 1 is 1.33 bits per heavy atom. The van der Waals surface area contributed by atoms with Crippen LogP contribution in [-0.4, -0.2) is 26.3 Å². The predicted octanol–water partition coefficient (Wildman–Crippen LogP) is 2.51. The van der Waals surface area contributed by atoms with Gasteiger partial charge in [0.1, 0.15) is 0 Å². The lowest BCUT2D eigenvalue weighted by molar-refractivity contribution is 0.172. The van der Waals surface area contributed by atoms with E-state index in [0.29, 0.717) is 6.04 Å². The fraction of sp³-hybridized carbons (Fsp3) is 0.500. The Kier molecular flexibility index (Phi) is 5.69. The van der Waals surface area contributed by atoms with Crippen molar-refractivity contribution < 1.29 is 4.74 Å². The van der Waals surface area contributed by atoms with Gasteiger partial charge in [0.05, 0.1) is 6.61 Å². The minimum atomic E-state index is 0.405. The Hall–Kier alpha value is -0.570. The van der Waals surface area contributed by atoms with Crippen molar-refractivity contribution in [3.63, 3.8) is 0 Å². The maximum absolute atomic E-state index is 5.81. The van der Waals surface area contributed by atoms with Crippen LogP contribution in [0.15, 0.2) is 24.3 Å². The third-order valence-corrected chi connectivity index (χ3v) is 2.49. The van der Waals surface area contributed by atoms with E-state index in [1.807, 2.05) is 12.1 Å². The molecule has 0 amide bonds. The zero-order valence-corrected chi connectivity index (χ0v) is 10.1. The molecule has 84 valence electrons. The van der Waals surface area contributed by atoms with E-state index in [4.69, 9.17) is 16.3 Å². The highest BCUT2D eigenvalue weighted by Gasteiger charge is 1.99. The predicted molar refractivity (Wildman–Crippen MR) is 64.5 cm³/mol. The first-order chi connectivity index (χ1) is 7.22. The topological polar surface area (TPSA) is 21.3 Å². The molecule has 0 spiro atoms. The van der Waals surface area contributed by atoms with Crippen molar-refractivity contribution in [3.8, 4) is 0 Å². The van der Waals surface area contributed by atoms with Gasteiger partial charge in [0, 0.05) is 18.2 Å². The summed E-state index contributed by atoms with van der Waals surface area (Å²) in [6.07, 6.45) is 1.02. The lowest BCUT2D eigenvalue weighted by Gasteiger charge is -2.12. The van der Waals surface area contributed by atoms with Crippen LogP contribution in [0.5, 0.6) is 0 Å². The molecule has 2 nitrogen and oxygen atoms in total. The molecule has 0 aliphatic heterocycles. The van der Waals surface area contributed by atoms with Crippen molar-refractivity contribution in [2.45, 2.75) is 19.4 Å². The molecule has 0 saturated heterocycles. The molecular formula is C12H18ClNO. The van der Waals surface area contributed by atoms with Gasteiger partial charge in [0.15, 0.2) is 0 Å². The zero-order valence-electron chi connectivity index (χ0n) is 9.29. The van der Waals surface area contributed by atoms with Gasteiger partial charge in [0.25, 0.3) is 0 Å². The summed E-state index contributed by atoms with van der Waals surface area (Å²) in [5.74, 6) is 0. The van der Waals surface area contributed by atoms with Crippen LogP contribution < -0.4 is 5.32 Å². The summed E-state index contributed by atoms with van der Waals surface area (Å²) in [5.41, 5.74) is 1.30. The summed E-state index contributed by atoms with van der Waals surface area (Å²) in [4.78, 5) is 0. The minimum Gasteiger partial charge on any atom is -0.383 e. The first-order valence-electron chi connectivity index (χ1n) is 5.19. The van der Waals surface area contributed by atoms with E-state index in [2.05, 4.69) is 24.4 Å². The van der Waals surface area contributed by atoms with Gasteiger partial charge >= 0.3 is 0 Å². The molecule has 0 fully saturated rings. The van der Waals surface area contributed by atoms with E-state index >= 15 is 0 Å². The minimum absolute atomic E-state index is 0.405. The van der Waals surface area contributed by atoms with E-state index in [-0.39, 0.29) is 0 Å². The fourth-order valence-electron chi connectivity index (χ4n) is 1.42. The van der Waals surface area contributed by atoms with Crippen LogP contribution in [0.2, 0.25) is 5.02 Å². The van der Waals surface area contributed by atoms with Crippen molar-refractivity contribution >= 4 is 11.6 Å². The van der Waals surface area contributed by atoms with Gasteiger partial charge in [-0.25, -0.2) is 0 Å². The molecule has 0 radical (unpaired) electrons. The van der Waals surface area contributed by atoms with Crippen LogP contribution in [0.25, 0.3) is 0 Å².